The minimum Gasteiger partial charge on any atom is -0.327 e. The number of nitrogens with two attached hydrogens (primary N) is 1. The smallest absolute Gasteiger partial charge is 0.0408 e. The van der Waals surface area contributed by atoms with E-state index in [2.05, 4.69) is 24.3 Å². The predicted octanol–water partition coefficient (Wildman–Crippen LogP) is 3.30. The average molecular weight is 256 g/mol. The maximum atomic E-state index is 6.25. The second-order valence-corrected chi connectivity index (χ2v) is 5.00. The van der Waals surface area contributed by atoms with E-state index in [0.29, 0.717) is 17.9 Å². The van der Waals surface area contributed by atoms with Gasteiger partial charge in [-0.05, 0) is 42.0 Å². The lowest BCUT2D eigenvalue weighted by molar-refractivity contribution is 0.377. The van der Waals surface area contributed by atoms with Gasteiger partial charge in [0.1, 0.15) is 0 Å². The third-order valence-corrected chi connectivity index (χ3v) is 3.93. The fraction of sp³-hybridized carbons (Fsp3) is 0.385. The fourth-order valence-electron chi connectivity index (χ4n) is 2.89. The van der Waals surface area contributed by atoms with Gasteiger partial charge in [-0.2, -0.15) is 0 Å². The second-order valence-electron chi connectivity index (χ2n) is 4.56. The van der Waals surface area contributed by atoms with Gasteiger partial charge in [-0.3, -0.25) is 0 Å². The first-order valence-corrected chi connectivity index (χ1v) is 5.84. The molecule has 0 heterocycles. The summed E-state index contributed by atoms with van der Waals surface area (Å²) in [6, 6.07) is 6.52. The maximum Gasteiger partial charge on any atom is 0.0408 e. The predicted molar refractivity (Wildman–Crippen MR) is 70.4 cm³/mol. The molecule has 0 fully saturated rings. The molecule has 2 aliphatic carbocycles. The molecule has 1 aromatic rings. The van der Waals surface area contributed by atoms with Gasteiger partial charge in [-0.15, -0.1) is 12.4 Å². The molecule has 0 aromatic heterocycles. The van der Waals surface area contributed by atoms with Gasteiger partial charge in [0, 0.05) is 17.0 Å². The number of hydrogen-bond acceptors (Lipinski definition) is 1. The molecule has 0 aliphatic heterocycles. The highest BCUT2D eigenvalue weighted by atomic mass is 35.5. The van der Waals surface area contributed by atoms with Gasteiger partial charge in [0.05, 0.1) is 0 Å². The summed E-state index contributed by atoms with van der Waals surface area (Å²) in [7, 11) is 0. The molecule has 16 heavy (non-hydrogen) atoms. The van der Waals surface area contributed by atoms with Crippen molar-refractivity contribution >= 4 is 24.0 Å². The van der Waals surface area contributed by atoms with E-state index in [1.54, 1.807) is 0 Å². The molecule has 1 aromatic carbocycles. The van der Waals surface area contributed by atoms with Crippen molar-refractivity contribution in [1.29, 1.82) is 0 Å². The van der Waals surface area contributed by atoms with Crippen LogP contribution in [0, 0.1) is 5.92 Å². The Morgan fingerprint density at radius 2 is 2.12 bits per heavy atom. The van der Waals surface area contributed by atoms with Crippen LogP contribution in [0.15, 0.2) is 30.4 Å². The molecule has 86 valence electrons. The summed E-state index contributed by atoms with van der Waals surface area (Å²) in [5.74, 6) is 1.01. The lowest BCUT2D eigenvalue weighted by Gasteiger charge is -2.38. The molecule has 0 saturated carbocycles. The highest BCUT2D eigenvalue weighted by Crippen LogP contribution is 2.40. The van der Waals surface area contributed by atoms with Crippen LogP contribution in [0.3, 0.4) is 0 Å². The van der Waals surface area contributed by atoms with Crippen molar-refractivity contribution in [3.05, 3.63) is 46.5 Å². The number of allylic oxidation sites excluding steroid dienone is 1. The SMILES string of the molecule is Cl.N[C@@H]1[C@@H]2CC=C[C@H]1Cc1cc(Cl)ccc12. The van der Waals surface area contributed by atoms with Gasteiger partial charge in [0.2, 0.25) is 0 Å². The van der Waals surface area contributed by atoms with Gasteiger partial charge in [0.25, 0.3) is 0 Å². The average Bonchev–Trinajstić information content (AvgIpc) is 2.19. The monoisotopic (exact) mass is 255 g/mol. The van der Waals surface area contributed by atoms with Crippen LogP contribution in [0.2, 0.25) is 5.02 Å². The Labute approximate surface area is 107 Å². The van der Waals surface area contributed by atoms with Crippen molar-refractivity contribution in [1.82, 2.24) is 0 Å². The lowest BCUT2D eigenvalue weighted by Crippen LogP contribution is -2.42. The Bertz CT molecular complexity index is 428. The first-order valence-electron chi connectivity index (χ1n) is 5.46. The fourth-order valence-corrected chi connectivity index (χ4v) is 3.08. The Balaban J connectivity index is 0.000000963. The summed E-state index contributed by atoms with van der Waals surface area (Å²) in [4.78, 5) is 0. The zero-order valence-corrected chi connectivity index (χ0v) is 10.5. The number of fused-ring (bicyclic) bond motifs is 4. The topological polar surface area (TPSA) is 26.0 Å². The van der Waals surface area contributed by atoms with Crippen molar-refractivity contribution < 1.29 is 0 Å². The third-order valence-electron chi connectivity index (χ3n) is 3.69. The van der Waals surface area contributed by atoms with Gasteiger partial charge in [0.15, 0.2) is 0 Å². The van der Waals surface area contributed by atoms with E-state index in [9.17, 15) is 0 Å². The van der Waals surface area contributed by atoms with Gasteiger partial charge >= 0.3 is 0 Å². The molecule has 1 nitrogen and oxygen atoms in total. The van der Waals surface area contributed by atoms with E-state index < -0.39 is 0 Å². The molecule has 3 rings (SSSR count). The first kappa shape index (κ1) is 12.0. The quantitative estimate of drug-likeness (QED) is 0.708. The van der Waals surface area contributed by atoms with Crippen molar-refractivity contribution in [2.75, 3.05) is 0 Å². The minimum atomic E-state index is 0. The third kappa shape index (κ3) is 1.77. The molecule has 3 atom stereocenters. The highest BCUT2D eigenvalue weighted by Gasteiger charge is 2.34. The zero-order chi connectivity index (χ0) is 10.4. The Hall–Kier alpha value is -0.500. The summed E-state index contributed by atoms with van der Waals surface area (Å²) in [6.45, 7) is 0. The second kappa shape index (κ2) is 4.40. The van der Waals surface area contributed by atoms with E-state index in [1.165, 1.54) is 11.1 Å². The van der Waals surface area contributed by atoms with Crippen LogP contribution in [0.25, 0.3) is 0 Å². The standard InChI is InChI=1S/C13H14ClN.ClH/c14-10-4-5-11-9(7-10)6-8-2-1-3-12(11)13(8)15;/h1-2,4-5,7-8,12-13H,3,6,15H2;1H/t8-,12+,13-;/m0./s1. The Morgan fingerprint density at radius 1 is 1.31 bits per heavy atom. The largest absolute Gasteiger partial charge is 0.327 e. The van der Waals surface area contributed by atoms with Crippen molar-refractivity contribution in [2.45, 2.75) is 24.8 Å². The summed E-state index contributed by atoms with van der Waals surface area (Å²) >= 11 is 6.02. The molecule has 2 bridgehead atoms. The number of halogens is 2. The highest BCUT2D eigenvalue weighted by molar-refractivity contribution is 6.30. The number of hydrogen-bond donors (Lipinski definition) is 1. The molecule has 0 amide bonds. The molecule has 2 aliphatic rings. The molecule has 0 spiro atoms. The molecular weight excluding hydrogens is 241 g/mol. The van der Waals surface area contributed by atoms with Crippen LogP contribution in [0.1, 0.15) is 23.5 Å². The van der Waals surface area contributed by atoms with E-state index in [1.807, 2.05) is 6.07 Å². The summed E-state index contributed by atoms with van der Waals surface area (Å²) < 4.78 is 0. The molecule has 0 saturated heterocycles. The normalized spacial score (nSPS) is 30.5. The molecule has 0 radical (unpaired) electrons. The van der Waals surface area contributed by atoms with Crippen LogP contribution in [0.5, 0.6) is 0 Å². The first-order chi connectivity index (χ1) is 7.25. The van der Waals surface area contributed by atoms with Crippen LogP contribution in [-0.2, 0) is 6.42 Å². The van der Waals surface area contributed by atoms with E-state index >= 15 is 0 Å². The van der Waals surface area contributed by atoms with Crippen molar-refractivity contribution in [3.8, 4) is 0 Å². The molecular formula is C13H15Cl2N. The number of benzene rings is 1. The lowest BCUT2D eigenvalue weighted by atomic mass is 9.69. The van der Waals surface area contributed by atoms with Crippen LogP contribution >= 0.6 is 24.0 Å². The molecule has 0 unspecified atom stereocenters. The number of rotatable bonds is 0. The van der Waals surface area contributed by atoms with Crippen LogP contribution < -0.4 is 5.73 Å². The van der Waals surface area contributed by atoms with E-state index in [-0.39, 0.29) is 12.4 Å². The molecule has 3 heteroatoms. The summed E-state index contributed by atoms with van der Waals surface area (Å²) in [5, 5.41) is 0.839. The zero-order valence-electron chi connectivity index (χ0n) is 8.90. The maximum absolute atomic E-state index is 6.25. The summed E-state index contributed by atoms with van der Waals surface area (Å²) in [6.07, 6.45) is 6.66. The minimum absolute atomic E-state index is 0. The van der Waals surface area contributed by atoms with Crippen molar-refractivity contribution in [2.24, 2.45) is 11.7 Å². The van der Waals surface area contributed by atoms with Gasteiger partial charge < -0.3 is 5.73 Å². The van der Waals surface area contributed by atoms with E-state index in [4.69, 9.17) is 17.3 Å². The van der Waals surface area contributed by atoms with Gasteiger partial charge in [-0.1, -0.05) is 29.8 Å². The molecule has 2 N–H and O–H groups in total. The van der Waals surface area contributed by atoms with Crippen LogP contribution in [-0.4, -0.2) is 6.04 Å². The van der Waals surface area contributed by atoms with E-state index in [0.717, 1.165) is 17.9 Å². The summed E-state index contributed by atoms with van der Waals surface area (Å²) in [5.41, 5.74) is 9.05. The van der Waals surface area contributed by atoms with Gasteiger partial charge in [-0.25, -0.2) is 0 Å². The van der Waals surface area contributed by atoms with Crippen molar-refractivity contribution in [3.63, 3.8) is 0 Å². The van der Waals surface area contributed by atoms with Crippen LogP contribution in [0.4, 0.5) is 0 Å². The Morgan fingerprint density at radius 3 is 2.94 bits per heavy atom. The Kier molecular flexibility index (Phi) is 3.29.